The molecule has 0 radical (unpaired) electrons. The van der Waals surface area contributed by atoms with Crippen LogP contribution < -0.4 is 16.6 Å². The van der Waals surface area contributed by atoms with Crippen molar-refractivity contribution in [1.82, 2.24) is 14.9 Å². The van der Waals surface area contributed by atoms with E-state index in [1.54, 1.807) is 6.07 Å². The molecule has 7 heteroatoms. The number of hydrogen-bond acceptors (Lipinski definition) is 5. The molecule has 0 aliphatic carbocycles. The number of benzene rings is 1. The lowest BCUT2D eigenvalue weighted by Crippen LogP contribution is -2.56. The number of hydrogen-bond donors (Lipinski definition) is 2. The molecule has 1 atom stereocenters. The number of carbonyl (C=O) groups is 2. The number of rotatable bonds is 1. The molecule has 7 nitrogen and oxygen atoms in total. The quantitative estimate of drug-likeness (QED) is 0.587. The van der Waals surface area contributed by atoms with Gasteiger partial charge in [-0.2, -0.15) is 0 Å². The van der Waals surface area contributed by atoms with Crippen molar-refractivity contribution in [1.29, 1.82) is 0 Å². The Hall–Kier alpha value is -2.70. The van der Waals surface area contributed by atoms with E-state index in [4.69, 9.17) is 9.85 Å². The molecule has 0 spiro atoms. The van der Waals surface area contributed by atoms with Gasteiger partial charge < -0.3 is 5.73 Å². The second kappa shape index (κ2) is 4.66. The number of nitrogen functional groups attached to an aromatic ring is 1. The van der Waals surface area contributed by atoms with Gasteiger partial charge in [-0.3, -0.25) is 24.3 Å². The molecule has 0 bridgehead atoms. The van der Waals surface area contributed by atoms with Crippen LogP contribution in [0.2, 0.25) is 0 Å². The zero-order chi connectivity index (χ0) is 18.6. The van der Waals surface area contributed by atoms with Gasteiger partial charge in [0.25, 0.3) is 11.5 Å². The maximum Gasteiger partial charge on any atom is 0.264 e. The van der Waals surface area contributed by atoms with Crippen LogP contribution in [0.3, 0.4) is 0 Å². The fraction of sp³-hybridized carbons (Fsp3) is 0.333. The largest absolute Gasteiger partial charge is 0.398 e. The number of carbonyl (C=O) groups excluding carboxylic acids is 2. The molecule has 1 fully saturated rings. The summed E-state index contributed by atoms with van der Waals surface area (Å²) >= 11 is 0. The van der Waals surface area contributed by atoms with E-state index in [-0.39, 0.29) is 29.4 Å². The molecule has 1 aliphatic rings. The van der Waals surface area contributed by atoms with Crippen molar-refractivity contribution in [3.05, 3.63) is 34.4 Å². The molecule has 3 N–H and O–H groups in total. The first kappa shape index (κ1) is 10.9. The predicted octanol–water partition coefficient (Wildman–Crippen LogP) is 0.439. The van der Waals surface area contributed by atoms with Crippen LogP contribution in [0.15, 0.2) is 23.0 Å². The van der Waals surface area contributed by atoms with Crippen molar-refractivity contribution in [2.24, 2.45) is 0 Å². The Labute approximate surface area is 130 Å². The van der Waals surface area contributed by atoms with Crippen LogP contribution in [0.1, 0.15) is 29.7 Å². The van der Waals surface area contributed by atoms with Crippen molar-refractivity contribution in [3.63, 3.8) is 0 Å². The normalized spacial score (nSPS) is 24.5. The van der Waals surface area contributed by atoms with Crippen LogP contribution >= 0.6 is 0 Å². The van der Waals surface area contributed by atoms with Crippen LogP contribution in [0.4, 0.5) is 5.69 Å². The molecular formula is C15H16N4O3. The molecule has 1 aliphatic heterocycles. The first-order chi connectivity index (χ1) is 11.6. The molecular weight excluding hydrogens is 284 g/mol. The van der Waals surface area contributed by atoms with Crippen LogP contribution in [0, 0.1) is 6.85 Å². The van der Waals surface area contributed by atoms with E-state index < -0.39 is 35.6 Å². The number of piperidine rings is 1. The Bertz CT molecular complexity index is 967. The highest BCUT2D eigenvalue weighted by molar-refractivity contribution is 6.01. The number of aryl methyl sites for hydroxylation is 1. The summed E-state index contributed by atoms with van der Waals surface area (Å²) in [6, 6.07) is 4.54. The molecule has 3 rings (SSSR count). The Morgan fingerprint density at radius 2 is 2.18 bits per heavy atom. The van der Waals surface area contributed by atoms with Gasteiger partial charge >= 0.3 is 0 Å². The molecule has 1 aromatic carbocycles. The summed E-state index contributed by atoms with van der Waals surface area (Å²) in [5, 5.41) is 2.20. The highest BCUT2D eigenvalue weighted by Crippen LogP contribution is 2.27. The average Bonchev–Trinajstić information content (AvgIpc) is 2.50. The highest BCUT2D eigenvalue weighted by atomic mass is 16.2. The third kappa shape index (κ3) is 1.89. The van der Waals surface area contributed by atoms with Gasteiger partial charge in [0.05, 0.1) is 10.9 Å². The van der Waals surface area contributed by atoms with Gasteiger partial charge in [0.2, 0.25) is 5.91 Å². The van der Waals surface area contributed by atoms with Gasteiger partial charge in [0.15, 0.2) is 0 Å². The van der Waals surface area contributed by atoms with Gasteiger partial charge in [-0.25, -0.2) is 4.98 Å². The number of nitrogens with one attached hydrogen (secondary N) is 1. The van der Waals surface area contributed by atoms with Crippen molar-refractivity contribution >= 4 is 28.4 Å². The van der Waals surface area contributed by atoms with E-state index in [9.17, 15) is 14.4 Å². The molecule has 2 heterocycles. The Kier molecular flexibility index (Phi) is 2.32. The molecule has 1 saturated heterocycles. The van der Waals surface area contributed by atoms with Crippen LogP contribution in [-0.2, 0) is 15.1 Å². The second-order valence-electron chi connectivity index (χ2n) is 5.47. The van der Waals surface area contributed by atoms with E-state index in [1.807, 2.05) is 0 Å². The van der Waals surface area contributed by atoms with Crippen molar-refractivity contribution < 1.29 is 13.7 Å². The minimum absolute atomic E-state index is 0.0133. The predicted molar refractivity (Wildman–Crippen MR) is 81.2 cm³/mol. The molecule has 0 saturated carbocycles. The molecule has 1 aromatic heterocycles. The SMILES string of the molecule is [2H]C([2H])([2H])c1nc2cccc(N)c2c(=O)n1[C@]1(C)CCC(=O)NC1=O. The minimum atomic E-state index is -2.73. The second-order valence-corrected chi connectivity index (χ2v) is 5.47. The summed E-state index contributed by atoms with van der Waals surface area (Å²) in [6.45, 7) is -1.32. The molecule has 22 heavy (non-hydrogen) atoms. The summed E-state index contributed by atoms with van der Waals surface area (Å²) in [4.78, 5) is 41.1. The Balaban J connectivity index is 2.42. The van der Waals surface area contributed by atoms with Gasteiger partial charge in [-0.05, 0) is 32.3 Å². The lowest BCUT2D eigenvalue weighted by Gasteiger charge is -2.34. The average molecular weight is 303 g/mol. The monoisotopic (exact) mass is 303 g/mol. The van der Waals surface area contributed by atoms with E-state index in [0.29, 0.717) is 0 Å². The number of nitrogens with zero attached hydrogens (tertiary/aromatic N) is 2. The molecule has 114 valence electrons. The number of nitrogens with two attached hydrogens (primary N) is 1. The van der Waals surface area contributed by atoms with Crippen LogP contribution in [0.5, 0.6) is 0 Å². The topological polar surface area (TPSA) is 107 Å². The van der Waals surface area contributed by atoms with Crippen LogP contribution in [-0.4, -0.2) is 21.4 Å². The fourth-order valence-electron chi connectivity index (χ4n) is 2.72. The van der Waals surface area contributed by atoms with Gasteiger partial charge in [-0.15, -0.1) is 0 Å². The standard InChI is InChI=1S/C15H16N4O3/c1-8-17-10-5-3-4-9(16)12(10)13(21)19(8)15(2)7-6-11(20)18-14(15)22/h3-5H,6-7,16H2,1-2H3,(H,18,20,22)/t15-/m1/s1/i1D3. The summed E-state index contributed by atoms with van der Waals surface area (Å²) in [5.41, 5.74) is 3.87. The zero-order valence-electron chi connectivity index (χ0n) is 14.8. The van der Waals surface area contributed by atoms with Gasteiger partial charge in [-0.1, -0.05) is 6.07 Å². The number of fused-ring (bicyclic) bond motifs is 1. The molecule has 2 aromatic rings. The summed E-state index contributed by atoms with van der Waals surface area (Å²) in [7, 11) is 0. The van der Waals surface area contributed by atoms with Gasteiger partial charge in [0, 0.05) is 16.2 Å². The summed E-state index contributed by atoms with van der Waals surface area (Å²) in [6.07, 6.45) is -0.0298. The summed E-state index contributed by atoms with van der Waals surface area (Å²) < 4.78 is 24.1. The highest BCUT2D eigenvalue weighted by Gasteiger charge is 2.42. The smallest absolute Gasteiger partial charge is 0.264 e. The first-order valence-corrected chi connectivity index (χ1v) is 6.72. The van der Waals surface area contributed by atoms with Crippen molar-refractivity contribution in [2.75, 3.05) is 5.73 Å². The molecule has 0 unspecified atom stereocenters. The van der Waals surface area contributed by atoms with E-state index in [2.05, 4.69) is 10.3 Å². The maximum absolute atomic E-state index is 13.1. The van der Waals surface area contributed by atoms with E-state index in [1.165, 1.54) is 19.1 Å². The van der Waals surface area contributed by atoms with E-state index >= 15 is 0 Å². The number of imide groups is 1. The third-order valence-corrected chi connectivity index (χ3v) is 4.00. The van der Waals surface area contributed by atoms with Crippen LogP contribution in [0.25, 0.3) is 10.9 Å². The zero-order valence-corrected chi connectivity index (χ0v) is 11.8. The Morgan fingerprint density at radius 1 is 1.41 bits per heavy atom. The fourth-order valence-corrected chi connectivity index (χ4v) is 2.72. The third-order valence-electron chi connectivity index (χ3n) is 4.00. The number of amides is 2. The lowest BCUT2D eigenvalue weighted by atomic mass is 9.90. The lowest BCUT2D eigenvalue weighted by molar-refractivity contribution is -0.140. The number of anilines is 1. The van der Waals surface area contributed by atoms with Gasteiger partial charge in [0.1, 0.15) is 11.4 Å². The molecule has 2 amide bonds. The van der Waals surface area contributed by atoms with Crippen molar-refractivity contribution in [2.45, 2.75) is 32.2 Å². The minimum Gasteiger partial charge on any atom is -0.398 e. The first-order valence-electron chi connectivity index (χ1n) is 8.22. The summed E-state index contributed by atoms with van der Waals surface area (Å²) in [5.74, 6) is -1.73. The van der Waals surface area contributed by atoms with Crippen molar-refractivity contribution in [3.8, 4) is 0 Å². The Morgan fingerprint density at radius 3 is 2.86 bits per heavy atom. The maximum atomic E-state index is 13.1. The number of aromatic nitrogens is 2. The van der Waals surface area contributed by atoms with E-state index in [0.717, 1.165) is 4.57 Å².